The van der Waals surface area contributed by atoms with Crippen LogP contribution < -0.4 is 0 Å². The van der Waals surface area contributed by atoms with Crippen LogP contribution in [0.4, 0.5) is 0 Å². The molecule has 1 amide bonds. The summed E-state index contributed by atoms with van der Waals surface area (Å²) in [4.78, 5) is 44.3. The van der Waals surface area contributed by atoms with Crippen molar-refractivity contribution in [1.29, 1.82) is 0 Å². The molecular weight excluding hydrogens is 452 g/mol. The van der Waals surface area contributed by atoms with E-state index in [2.05, 4.69) is 20.9 Å². The number of carbonyl (C=O) groups excluding carboxylic acids is 3. The number of amides is 1. The molecule has 2 aromatic rings. The maximum absolute atomic E-state index is 13.7. The number of ether oxygens (including phenoxy) is 2. The molecule has 0 unspecified atom stereocenters. The zero-order chi connectivity index (χ0) is 21.7. The van der Waals surface area contributed by atoms with Gasteiger partial charge in [0.05, 0.1) is 19.1 Å². The van der Waals surface area contributed by atoms with E-state index in [1.807, 2.05) is 18.2 Å². The molecule has 1 aromatic heterocycles. The standard InChI is InChI=1S/C22H27BrN2O5/c1-3-29-21(27)19(22(28)30-4-2)18(20(26)25-10-6-5-7-11-25)16-13-24-17-9-8-14(23)12-15(16)17/h8-9,12-13,18-19,24H,3-7,10-11H2,1-2H3/t18-/m1/s1. The summed E-state index contributed by atoms with van der Waals surface area (Å²) in [5.41, 5.74) is 1.41. The second-order valence-electron chi connectivity index (χ2n) is 7.28. The highest BCUT2D eigenvalue weighted by molar-refractivity contribution is 9.10. The van der Waals surface area contributed by atoms with Crippen LogP contribution in [0.25, 0.3) is 10.9 Å². The van der Waals surface area contributed by atoms with Gasteiger partial charge in [0.15, 0.2) is 5.92 Å². The van der Waals surface area contributed by atoms with Crippen LogP contribution in [-0.2, 0) is 23.9 Å². The molecule has 1 saturated heterocycles. The molecule has 1 atom stereocenters. The number of piperidine rings is 1. The van der Waals surface area contributed by atoms with Crippen LogP contribution in [0.1, 0.15) is 44.6 Å². The first-order chi connectivity index (χ1) is 14.5. The minimum atomic E-state index is -1.36. The van der Waals surface area contributed by atoms with E-state index in [1.165, 1.54) is 0 Å². The van der Waals surface area contributed by atoms with Crippen molar-refractivity contribution >= 4 is 44.7 Å². The highest BCUT2D eigenvalue weighted by Crippen LogP contribution is 2.36. The Kier molecular flexibility index (Phi) is 7.53. The number of likely N-dealkylation sites (tertiary alicyclic amines) is 1. The van der Waals surface area contributed by atoms with Gasteiger partial charge in [0, 0.05) is 34.7 Å². The van der Waals surface area contributed by atoms with E-state index < -0.39 is 23.8 Å². The summed E-state index contributed by atoms with van der Waals surface area (Å²) in [5.74, 6) is -4.12. The van der Waals surface area contributed by atoms with Gasteiger partial charge in [-0.05, 0) is 56.9 Å². The van der Waals surface area contributed by atoms with Crippen molar-refractivity contribution in [3.05, 3.63) is 34.4 Å². The predicted octanol–water partition coefficient (Wildman–Crippen LogP) is 3.77. The number of hydrogen-bond acceptors (Lipinski definition) is 5. The number of hydrogen-bond donors (Lipinski definition) is 1. The quantitative estimate of drug-likeness (QED) is 0.483. The van der Waals surface area contributed by atoms with Gasteiger partial charge in [0.25, 0.3) is 0 Å². The lowest BCUT2D eigenvalue weighted by molar-refractivity contribution is -0.165. The number of rotatable bonds is 7. The highest BCUT2D eigenvalue weighted by Gasteiger charge is 2.45. The Balaban J connectivity index is 2.13. The molecule has 0 spiro atoms. The van der Waals surface area contributed by atoms with Gasteiger partial charge in [-0.25, -0.2) is 0 Å². The maximum atomic E-state index is 13.7. The van der Waals surface area contributed by atoms with Gasteiger partial charge < -0.3 is 19.4 Å². The molecule has 0 radical (unpaired) electrons. The number of nitrogens with one attached hydrogen (secondary N) is 1. The minimum Gasteiger partial charge on any atom is -0.465 e. The van der Waals surface area contributed by atoms with Crippen LogP contribution in [0.3, 0.4) is 0 Å². The van der Waals surface area contributed by atoms with Crippen molar-refractivity contribution < 1.29 is 23.9 Å². The Morgan fingerprint density at radius 1 is 1.07 bits per heavy atom. The third-order valence-corrected chi connectivity index (χ3v) is 5.85. The van der Waals surface area contributed by atoms with Crippen molar-refractivity contribution in [2.24, 2.45) is 5.92 Å². The second kappa shape index (κ2) is 10.1. The third kappa shape index (κ3) is 4.69. The molecule has 0 bridgehead atoms. The lowest BCUT2D eigenvalue weighted by Crippen LogP contribution is -2.45. The number of fused-ring (bicyclic) bond motifs is 1. The monoisotopic (exact) mass is 478 g/mol. The molecule has 1 fully saturated rings. The molecule has 162 valence electrons. The van der Waals surface area contributed by atoms with Gasteiger partial charge in [-0.2, -0.15) is 0 Å². The van der Waals surface area contributed by atoms with E-state index in [-0.39, 0.29) is 19.1 Å². The van der Waals surface area contributed by atoms with E-state index in [4.69, 9.17) is 9.47 Å². The number of carbonyl (C=O) groups is 3. The Morgan fingerprint density at radius 2 is 1.70 bits per heavy atom. The largest absolute Gasteiger partial charge is 0.465 e. The Labute approximate surface area is 184 Å². The fourth-order valence-electron chi connectivity index (χ4n) is 3.97. The van der Waals surface area contributed by atoms with Gasteiger partial charge in [-0.15, -0.1) is 0 Å². The number of benzene rings is 1. The molecular formula is C22H27BrN2O5. The highest BCUT2D eigenvalue weighted by atomic mass is 79.9. The van der Waals surface area contributed by atoms with Crippen LogP contribution in [0.2, 0.25) is 0 Å². The molecule has 0 saturated carbocycles. The summed E-state index contributed by atoms with van der Waals surface area (Å²) in [7, 11) is 0. The summed E-state index contributed by atoms with van der Waals surface area (Å²) in [6.07, 6.45) is 4.57. The SMILES string of the molecule is CCOC(=O)C(C(=O)OCC)[C@H](C(=O)N1CCCCC1)c1c[nH]c2ccc(Br)cc12. The molecule has 7 nitrogen and oxygen atoms in total. The van der Waals surface area contributed by atoms with E-state index in [0.717, 1.165) is 34.6 Å². The lowest BCUT2D eigenvalue weighted by Gasteiger charge is -2.32. The average Bonchev–Trinajstić information content (AvgIpc) is 3.15. The van der Waals surface area contributed by atoms with E-state index >= 15 is 0 Å². The fraction of sp³-hybridized carbons (Fsp3) is 0.500. The van der Waals surface area contributed by atoms with Crippen molar-refractivity contribution in [2.75, 3.05) is 26.3 Å². The second-order valence-corrected chi connectivity index (χ2v) is 8.19. The number of halogens is 1. The third-order valence-electron chi connectivity index (χ3n) is 5.36. The molecule has 8 heteroatoms. The smallest absolute Gasteiger partial charge is 0.321 e. The van der Waals surface area contributed by atoms with E-state index in [0.29, 0.717) is 18.7 Å². The Bertz CT molecular complexity index is 901. The van der Waals surface area contributed by atoms with Crippen molar-refractivity contribution in [1.82, 2.24) is 9.88 Å². The Morgan fingerprint density at radius 3 is 2.30 bits per heavy atom. The van der Waals surface area contributed by atoms with Gasteiger partial charge in [-0.1, -0.05) is 15.9 Å². The fourth-order valence-corrected chi connectivity index (χ4v) is 4.33. The number of aromatic amines is 1. The minimum absolute atomic E-state index is 0.110. The van der Waals surface area contributed by atoms with Gasteiger partial charge in [0.1, 0.15) is 0 Å². The summed E-state index contributed by atoms with van der Waals surface area (Å²) in [6.45, 7) is 4.78. The first-order valence-corrected chi connectivity index (χ1v) is 11.2. The molecule has 3 rings (SSSR count). The number of nitrogens with zero attached hydrogens (tertiary/aromatic N) is 1. The molecule has 1 aliphatic rings. The normalized spacial score (nSPS) is 15.3. The number of H-pyrrole nitrogens is 1. The first-order valence-electron chi connectivity index (χ1n) is 10.4. The molecule has 2 heterocycles. The molecule has 1 N–H and O–H groups in total. The summed E-state index contributed by atoms with van der Waals surface area (Å²) >= 11 is 3.47. The van der Waals surface area contributed by atoms with Crippen molar-refractivity contribution in [3.63, 3.8) is 0 Å². The molecule has 0 aliphatic carbocycles. The molecule has 30 heavy (non-hydrogen) atoms. The van der Waals surface area contributed by atoms with Crippen molar-refractivity contribution in [3.8, 4) is 0 Å². The average molecular weight is 479 g/mol. The van der Waals surface area contributed by atoms with Crippen LogP contribution in [0.5, 0.6) is 0 Å². The molecule has 1 aliphatic heterocycles. The van der Waals surface area contributed by atoms with Gasteiger partial charge in [0.2, 0.25) is 5.91 Å². The van der Waals surface area contributed by atoms with E-state index in [9.17, 15) is 14.4 Å². The zero-order valence-corrected chi connectivity index (χ0v) is 18.9. The van der Waals surface area contributed by atoms with Crippen LogP contribution >= 0.6 is 15.9 Å². The predicted molar refractivity (Wildman–Crippen MR) is 116 cm³/mol. The zero-order valence-electron chi connectivity index (χ0n) is 17.3. The van der Waals surface area contributed by atoms with Crippen LogP contribution in [-0.4, -0.2) is 54.0 Å². The van der Waals surface area contributed by atoms with E-state index in [1.54, 1.807) is 24.9 Å². The summed E-state index contributed by atoms with van der Waals surface area (Å²) in [5, 5.41) is 0.776. The van der Waals surface area contributed by atoms with Crippen LogP contribution in [0.15, 0.2) is 28.9 Å². The maximum Gasteiger partial charge on any atom is 0.321 e. The topological polar surface area (TPSA) is 88.7 Å². The summed E-state index contributed by atoms with van der Waals surface area (Å²) in [6, 6.07) is 5.65. The van der Waals surface area contributed by atoms with Crippen LogP contribution in [0, 0.1) is 5.92 Å². The number of aromatic nitrogens is 1. The van der Waals surface area contributed by atoms with Gasteiger partial charge >= 0.3 is 11.9 Å². The first kappa shape index (κ1) is 22.3. The molecule has 1 aromatic carbocycles. The number of esters is 2. The lowest BCUT2D eigenvalue weighted by atomic mass is 9.84. The van der Waals surface area contributed by atoms with Crippen molar-refractivity contribution in [2.45, 2.75) is 39.0 Å². The Hall–Kier alpha value is -2.35. The van der Waals surface area contributed by atoms with Gasteiger partial charge in [-0.3, -0.25) is 14.4 Å². The summed E-state index contributed by atoms with van der Waals surface area (Å²) < 4.78 is 11.2.